The maximum absolute atomic E-state index is 13.6. The number of amides is 2. The molecule has 2 amide bonds. The molecule has 0 unspecified atom stereocenters. The van der Waals surface area contributed by atoms with Crippen molar-refractivity contribution in [3.63, 3.8) is 0 Å². The number of hydrazine groups is 1. The Labute approximate surface area is 194 Å². The SMILES string of the molecule is O=C(COC(=O)c1ccc(Cl)c(S(=O)(=O)N2CCCCC2)c1)NNC(=O)c1ccccc1F. The molecule has 9 nitrogen and oxygen atoms in total. The summed E-state index contributed by atoms with van der Waals surface area (Å²) in [6, 6.07) is 8.82. The summed E-state index contributed by atoms with van der Waals surface area (Å²) in [6.07, 6.45) is 2.41. The Bertz CT molecular complexity index is 1170. The number of sulfonamides is 1. The number of ether oxygens (including phenoxy) is 1. The van der Waals surface area contributed by atoms with Crippen LogP contribution in [0.4, 0.5) is 4.39 Å². The van der Waals surface area contributed by atoms with Gasteiger partial charge in [-0.15, -0.1) is 0 Å². The highest BCUT2D eigenvalue weighted by Crippen LogP contribution is 2.28. The first-order valence-corrected chi connectivity index (χ1v) is 11.8. The van der Waals surface area contributed by atoms with Crippen molar-refractivity contribution in [3.05, 3.63) is 64.4 Å². The van der Waals surface area contributed by atoms with Gasteiger partial charge in [-0.05, 0) is 43.2 Å². The van der Waals surface area contributed by atoms with Crippen molar-refractivity contribution in [2.75, 3.05) is 19.7 Å². The monoisotopic (exact) mass is 497 g/mol. The highest BCUT2D eigenvalue weighted by molar-refractivity contribution is 7.89. The van der Waals surface area contributed by atoms with Gasteiger partial charge in [0.15, 0.2) is 6.61 Å². The van der Waals surface area contributed by atoms with Crippen molar-refractivity contribution < 1.29 is 31.9 Å². The molecule has 0 aromatic heterocycles. The van der Waals surface area contributed by atoms with Gasteiger partial charge in [-0.2, -0.15) is 4.31 Å². The average molecular weight is 498 g/mol. The van der Waals surface area contributed by atoms with Gasteiger partial charge >= 0.3 is 5.97 Å². The number of hydrogen-bond donors (Lipinski definition) is 2. The smallest absolute Gasteiger partial charge is 0.338 e. The van der Waals surface area contributed by atoms with E-state index in [1.165, 1.54) is 34.6 Å². The van der Waals surface area contributed by atoms with E-state index in [2.05, 4.69) is 0 Å². The van der Waals surface area contributed by atoms with Crippen LogP contribution in [0.2, 0.25) is 5.02 Å². The maximum atomic E-state index is 13.6. The summed E-state index contributed by atoms with van der Waals surface area (Å²) in [6.45, 7) is -0.0363. The molecule has 1 heterocycles. The number of carbonyl (C=O) groups is 3. The summed E-state index contributed by atoms with van der Waals surface area (Å²) in [7, 11) is -3.89. The summed E-state index contributed by atoms with van der Waals surface area (Å²) in [4.78, 5) is 35.9. The van der Waals surface area contributed by atoms with Crippen LogP contribution in [-0.2, 0) is 19.6 Å². The molecule has 33 heavy (non-hydrogen) atoms. The van der Waals surface area contributed by atoms with Crippen molar-refractivity contribution in [2.45, 2.75) is 24.2 Å². The van der Waals surface area contributed by atoms with Crippen LogP contribution in [-0.4, -0.2) is 50.2 Å². The van der Waals surface area contributed by atoms with E-state index in [9.17, 15) is 27.2 Å². The fraction of sp³-hybridized carbons (Fsp3) is 0.286. The molecule has 0 aliphatic carbocycles. The van der Waals surface area contributed by atoms with Crippen LogP contribution in [0.15, 0.2) is 47.4 Å². The lowest BCUT2D eigenvalue weighted by molar-refractivity contribution is -0.125. The predicted molar refractivity (Wildman–Crippen MR) is 116 cm³/mol. The van der Waals surface area contributed by atoms with E-state index >= 15 is 0 Å². The number of esters is 1. The van der Waals surface area contributed by atoms with Crippen molar-refractivity contribution in [2.24, 2.45) is 0 Å². The topological polar surface area (TPSA) is 122 Å². The Balaban J connectivity index is 1.59. The first-order valence-electron chi connectivity index (χ1n) is 10.0. The van der Waals surface area contributed by atoms with E-state index < -0.39 is 40.2 Å². The fourth-order valence-corrected chi connectivity index (χ4v) is 5.18. The lowest BCUT2D eigenvalue weighted by Gasteiger charge is -2.26. The van der Waals surface area contributed by atoms with E-state index in [0.717, 1.165) is 31.4 Å². The zero-order chi connectivity index (χ0) is 24.0. The standard InChI is InChI=1S/C21H21ClFN3O6S/c22-16-9-8-14(12-18(16)33(30,31)26-10-4-1-5-11-26)21(29)32-13-19(27)24-25-20(28)15-6-2-3-7-17(15)23/h2-3,6-9,12H,1,4-5,10-11,13H2,(H,24,27)(H,25,28). The molecular formula is C21H21ClFN3O6S. The molecule has 0 saturated carbocycles. The summed E-state index contributed by atoms with van der Waals surface area (Å²) in [5.41, 5.74) is 3.61. The molecular weight excluding hydrogens is 477 g/mol. The van der Waals surface area contributed by atoms with Gasteiger partial charge in [0.25, 0.3) is 11.8 Å². The van der Waals surface area contributed by atoms with Gasteiger partial charge in [-0.25, -0.2) is 17.6 Å². The first kappa shape index (κ1) is 24.6. The van der Waals surface area contributed by atoms with Gasteiger partial charge in [0.05, 0.1) is 16.1 Å². The van der Waals surface area contributed by atoms with Gasteiger partial charge < -0.3 is 4.74 Å². The Kier molecular flexibility index (Phi) is 8.01. The third-order valence-corrected chi connectivity index (χ3v) is 7.25. The highest BCUT2D eigenvalue weighted by Gasteiger charge is 2.29. The minimum absolute atomic E-state index is 0.0364. The minimum atomic E-state index is -3.89. The quantitative estimate of drug-likeness (QED) is 0.466. The summed E-state index contributed by atoms with van der Waals surface area (Å²) in [5.74, 6) is -3.51. The largest absolute Gasteiger partial charge is 0.452 e. The van der Waals surface area contributed by atoms with Gasteiger partial charge in [-0.1, -0.05) is 30.2 Å². The van der Waals surface area contributed by atoms with E-state index in [1.54, 1.807) is 0 Å². The average Bonchev–Trinajstić information content (AvgIpc) is 2.82. The van der Waals surface area contributed by atoms with Crippen LogP contribution in [0.3, 0.4) is 0 Å². The molecule has 1 aliphatic rings. The maximum Gasteiger partial charge on any atom is 0.338 e. The van der Waals surface area contributed by atoms with Crippen molar-refractivity contribution in [1.29, 1.82) is 0 Å². The van der Waals surface area contributed by atoms with Gasteiger partial charge in [0.2, 0.25) is 10.0 Å². The number of halogens is 2. The van der Waals surface area contributed by atoms with E-state index in [0.29, 0.717) is 13.1 Å². The molecule has 1 saturated heterocycles. The Morgan fingerprint density at radius 3 is 2.42 bits per heavy atom. The van der Waals surface area contributed by atoms with E-state index in [4.69, 9.17) is 16.3 Å². The number of piperidine rings is 1. The lowest BCUT2D eigenvalue weighted by Crippen LogP contribution is -2.43. The number of rotatable bonds is 6. The van der Waals surface area contributed by atoms with Crippen LogP contribution < -0.4 is 10.9 Å². The number of carbonyl (C=O) groups excluding carboxylic acids is 3. The molecule has 12 heteroatoms. The number of nitrogens with zero attached hydrogens (tertiary/aromatic N) is 1. The lowest BCUT2D eigenvalue weighted by atomic mass is 10.2. The van der Waals surface area contributed by atoms with Crippen molar-refractivity contribution in [1.82, 2.24) is 15.2 Å². The molecule has 0 spiro atoms. The Morgan fingerprint density at radius 2 is 1.73 bits per heavy atom. The van der Waals surface area contributed by atoms with E-state index in [1.807, 2.05) is 10.9 Å². The fourth-order valence-electron chi connectivity index (χ4n) is 3.16. The van der Waals surface area contributed by atoms with Crippen LogP contribution >= 0.6 is 11.6 Å². The van der Waals surface area contributed by atoms with Crippen molar-refractivity contribution >= 4 is 39.4 Å². The summed E-state index contributed by atoms with van der Waals surface area (Å²) < 4.78 is 45.6. The van der Waals surface area contributed by atoms with Crippen LogP contribution in [0.1, 0.15) is 40.0 Å². The second-order valence-electron chi connectivity index (χ2n) is 7.17. The zero-order valence-electron chi connectivity index (χ0n) is 17.3. The second-order valence-corrected chi connectivity index (χ2v) is 9.48. The molecule has 176 valence electrons. The van der Waals surface area contributed by atoms with Crippen molar-refractivity contribution in [3.8, 4) is 0 Å². The molecule has 2 aromatic rings. The third kappa shape index (κ3) is 6.06. The van der Waals surface area contributed by atoms with Gasteiger partial charge in [-0.3, -0.25) is 20.4 Å². The molecule has 1 fully saturated rings. The molecule has 1 aliphatic heterocycles. The summed E-state index contributed by atoms with van der Waals surface area (Å²) >= 11 is 6.08. The normalized spacial score (nSPS) is 14.4. The third-order valence-electron chi connectivity index (χ3n) is 4.87. The second kappa shape index (κ2) is 10.7. The van der Waals surface area contributed by atoms with Crippen LogP contribution in [0, 0.1) is 5.82 Å². The number of nitrogens with one attached hydrogen (secondary N) is 2. The van der Waals surface area contributed by atoms with Crippen LogP contribution in [0.25, 0.3) is 0 Å². The minimum Gasteiger partial charge on any atom is -0.452 e. The van der Waals surface area contributed by atoms with Gasteiger partial charge in [0, 0.05) is 13.1 Å². The van der Waals surface area contributed by atoms with Gasteiger partial charge in [0.1, 0.15) is 10.7 Å². The zero-order valence-corrected chi connectivity index (χ0v) is 18.9. The molecule has 2 N–H and O–H groups in total. The summed E-state index contributed by atoms with van der Waals surface area (Å²) in [5, 5.41) is -0.0364. The number of benzene rings is 2. The number of hydrogen-bond acceptors (Lipinski definition) is 6. The Morgan fingerprint density at radius 1 is 1.03 bits per heavy atom. The van der Waals surface area contributed by atoms with Crippen LogP contribution in [0.5, 0.6) is 0 Å². The highest BCUT2D eigenvalue weighted by atomic mass is 35.5. The molecule has 2 aromatic carbocycles. The van der Waals surface area contributed by atoms with E-state index in [-0.39, 0.29) is 21.0 Å². The molecule has 0 radical (unpaired) electrons. The Hall–Kier alpha value is -3.02. The molecule has 3 rings (SSSR count). The predicted octanol–water partition coefficient (Wildman–Crippen LogP) is 2.27. The first-order chi connectivity index (χ1) is 15.7. The molecule has 0 bridgehead atoms. The molecule has 0 atom stereocenters.